The van der Waals surface area contributed by atoms with Crippen molar-refractivity contribution in [2.75, 3.05) is 13.7 Å². The van der Waals surface area contributed by atoms with Crippen molar-refractivity contribution in [2.24, 2.45) is 16.3 Å². The van der Waals surface area contributed by atoms with E-state index in [2.05, 4.69) is 5.32 Å². The zero-order valence-electron chi connectivity index (χ0n) is 12.5. The smallest absolute Gasteiger partial charge is 0.255 e. The number of nitrogens with one attached hydrogen (secondary N) is 1. The summed E-state index contributed by atoms with van der Waals surface area (Å²) in [5.41, 5.74) is 4.27. The van der Waals surface area contributed by atoms with Gasteiger partial charge < -0.3 is 15.8 Å². The van der Waals surface area contributed by atoms with E-state index in [1.165, 1.54) is 19.2 Å². The van der Waals surface area contributed by atoms with Gasteiger partial charge >= 0.3 is 0 Å². The van der Waals surface area contributed by atoms with E-state index in [1.807, 2.05) is 0 Å². The van der Waals surface area contributed by atoms with Crippen molar-refractivity contribution in [3.05, 3.63) is 23.8 Å². The fourth-order valence-electron chi connectivity index (χ4n) is 1.53. The van der Waals surface area contributed by atoms with Gasteiger partial charge in [-0.2, -0.15) is 0 Å². The van der Waals surface area contributed by atoms with Gasteiger partial charge in [-0.05, 0) is 32.0 Å². The third kappa shape index (κ3) is 4.18. The van der Waals surface area contributed by atoms with E-state index in [9.17, 15) is 18.0 Å². The van der Waals surface area contributed by atoms with E-state index in [0.717, 1.165) is 6.07 Å². The summed E-state index contributed by atoms with van der Waals surface area (Å²) < 4.78 is 27.7. The Balaban J connectivity index is 3.09. The summed E-state index contributed by atoms with van der Waals surface area (Å²) >= 11 is 0. The number of ether oxygens (including phenoxy) is 1. The number of benzene rings is 1. The Bertz CT molecular complexity index is 698. The highest BCUT2D eigenvalue weighted by molar-refractivity contribution is 7.89. The van der Waals surface area contributed by atoms with Crippen LogP contribution >= 0.6 is 0 Å². The van der Waals surface area contributed by atoms with Crippen LogP contribution in [-0.2, 0) is 14.8 Å². The summed E-state index contributed by atoms with van der Waals surface area (Å²) in [4.78, 5) is 23.2. The van der Waals surface area contributed by atoms with Crippen LogP contribution in [0.5, 0.6) is 5.75 Å². The Morgan fingerprint density at radius 2 is 1.91 bits per heavy atom. The van der Waals surface area contributed by atoms with Crippen molar-refractivity contribution in [2.45, 2.75) is 18.7 Å². The van der Waals surface area contributed by atoms with Crippen LogP contribution in [-0.4, -0.2) is 33.9 Å². The molecule has 0 aromatic heterocycles. The molecule has 0 bridgehead atoms. The molecule has 2 amide bonds. The fourth-order valence-corrected chi connectivity index (χ4v) is 2.06. The van der Waals surface area contributed by atoms with Crippen molar-refractivity contribution < 1.29 is 22.7 Å². The topological polar surface area (TPSA) is 142 Å². The number of sulfonamides is 1. The summed E-state index contributed by atoms with van der Waals surface area (Å²) in [6.07, 6.45) is 0. The number of primary sulfonamides is 1. The molecule has 1 aromatic carbocycles. The van der Waals surface area contributed by atoms with Crippen molar-refractivity contribution in [1.29, 1.82) is 0 Å². The van der Waals surface area contributed by atoms with E-state index in [1.54, 1.807) is 13.8 Å². The maximum atomic E-state index is 12.2. The van der Waals surface area contributed by atoms with Crippen LogP contribution in [0.4, 0.5) is 0 Å². The first kappa shape index (κ1) is 17.9. The van der Waals surface area contributed by atoms with Crippen LogP contribution < -0.4 is 20.9 Å². The summed E-state index contributed by atoms with van der Waals surface area (Å²) in [6.45, 7) is 3.14. The summed E-state index contributed by atoms with van der Waals surface area (Å²) in [5, 5.41) is 7.56. The van der Waals surface area contributed by atoms with E-state index in [4.69, 9.17) is 15.6 Å². The molecule has 0 saturated carbocycles. The Hall–Kier alpha value is -2.13. The molecule has 1 aromatic rings. The maximum absolute atomic E-state index is 12.2. The maximum Gasteiger partial charge on any atom is 0.255 e. The minimum absolute atomic E-state index is 0.00528. The molecule has 0 saturated heterocycles. The number of carbonyl (C=O) groups is 2. The second kappa shape index (κ2) is 6.32. The van der Waals surface area contributed by atoms with Gasteiger partial charge in [0.05, 0.1) is 23.0 Å². The molecule has 1 rings (SSSR count). The van der Waals surface area contributed by atoms with Gasteiger partial charge in [0.1, 0.15) is 5.75 Å². The molecule has 122 valence electrons. The van der Waals surface area contributed by atoms with E-state index >= 15 is 0 Å². The van der Waals surface area contributed by atoms with Crippen LogP contribution in [0.15, 0.2) is 23.1 Å². The lowest BCUT2D eigenvalue weighted by Crippen LogP contribution is -2.42. The van der Waals surface area contributed by atoms with Crippen LogP contribution in [0, 0.1) is 5.41 Å². The molecule has 8 nitrogen and oxygen atoms in total. The highest BCUT2D eigenvalue weighted by Gasteiger charge is 2.26. The van der Waals surface area contributed by atoms with Crippen LogP contribution in [0.1, 0.15) is 24.2 Å². The van der Waals surface area contributed by atoms with E-state index < -0.39 is 27.3 Å². The molecule has 22 heavy (non-hydrogen) atoms. The minimum atomic E-state index is -3.95. The minimum Gasteiger partial charge on any atom is -0.496 e. The predicted octanol–water partition coefficient (Wildman–Crippen LogP) is -0.416. The zero-order chi connectivity index (χ0) is 17.1. The van der Waals surface area contributed by atoms with Gasteiger partial charge in [0, 0.05) is 6.54 Å². The highest BCUT2D eigenvalue weighted by atomic mass is 32.2. The lowest BCUT2D eigenvalue weighted by molar-refractivity contribution is -0.125. The molecular weight excluding hydrogens is 310 g/mol. The summed E-state index contributed by atoms with van der Waals surface area (Å²) in [7, 11) is -2.61. The van der Waals surface area contributed by atoms with Crippen molar-refractivity contribution in [1.82, 2.24) is 5.32 Å². The van der Waals surface area contributed by atoms with Gasteiger partial charge in [-0.3, -0.25) is 9.59 Å². The number of nitrogens with two attached hydrogens (primary N) is 2. The Kier molecular flexibility index (Phi) is 5.15. The molecule has 0 heterocycles. The van der Waals surface area contributed by atoms with E-state index in [-0.39, 0.29) is 22.8 Å². The van der Waals surface area contributed by atoms with Gasteiger partial charge in [0.15, 0.2) is 0 Å². The SMILES string of the molecule is COc1ccc(S(N)(=O)=O)cc1C(=O)NCC(C)(C)C(N)=O. The number of hydrogen-bond acceptors (Lipinski definition) is 5. The average molecular weight is 329 g/mol. The van der Waals surface area contributed by atoms with Crippen molar-refractivity contribution >= 4 is 21.8 Å². The average Bonchev–Trinajstić information content (AvgIpc) is 2.42. The lowest BCUT2D eigenvalue weighted by atomic mass is 9.92. The standard InChI is InChI=1S/C13H19N3O5S/c1-13(2,12(14)18)7-16-11(17)9-6-8(22(15,19)20)4-5-10(9)21-3/h4-6H,7H2,1-3H3,(H2,14,18)(H,16,17)(H2,15,19,20). The number of hydrogen-bond donors (Lipinski definition) is 3. The Labute approximate surface area is 128 Å². The quantitative estimate of drug-likeness (QED) is 0.650. The molecule has 0 aliphatic carbocycles. The molecular formula is C13H19N3O5S. The summed E-state index contributed by atoms with van der Waals surface area (Å²) in [5.74, 6) is -0.989. The predicted molar refractivity (Wildman–Crippen MR) is 79.7 cm³/mol. The molecule has 0 fully saturated rings. The molecule has 0 aliphatic heterocycles. The summed E-state index contributed by atoms with van der Waals surface area (Å²) in [6, 6.07) is 3.67. The molecule has 0 radical (unpaired) electrons. The monoisotopic (exact) mass is 329 g/mol. The second-order valence-electron chi connectivity index (χ2n) is 5.34. The normalized spacial score (nSPS) is 11.8. The van der Waals surface area contributed by atoms with Gasteiger partial charge in [0.25, 0.3) is 5.91 Å². The van der Waals surface area contributed by atoms with Crippen LogP contribution in [0.2, 0.25) is 0 Å². The van der Waals surface area contributed by atoms with Gasteiger partial charge in [-0.15, -0.1) is 0 Å². The van der Waals surface area contributed by atoms with Crippen LogP contribution in [0.3, 0.4) is 0 Å². The Morgan fingerprint density at radius 1 is 1.32 bits per heavy atom. The molecule has 5 N–H and O–H groups in total. The number of carbonyl (C=O) groups excluding carboxylic acids is 2. The van der Waals surface area contributed by atoms with Gasteiger partial charge in [-0.1, -0.05) is 0 Å². The van der Waals surface area contributed by atoms with Gasteiger partial charge in [-0.25, -0.2) is 13.6 Å². The number of rotatable bonds is 6. The molecule has 0 aliphatic rings. The molecule has 0 unspecified atom stereocenters. The molecule has 9 heteroatoms. The molecule has 0 spiro atoms. The first-order valence-electron chi connectivity index (χ1n) is 6.28. The van der Waals surface area contributed by atoms with Crippen molar-refractivity contribution in [3.8, 4) is 5.75 Å². The Morgan fingerprint density at radius 3 is 2.36 bits per heavy atom. The lowest BCUT2D eigenvalue weighted by Gasteiger charge is -2.21. The zero-order valence-corrected chi connectivity index (χ0v) is 13.4. The third-order valence-corrected chi connectivity index (χ3v) is 4.01. The largest absolute Gasteiger partial charge is 0.496 e. The van der Waals surface area contributed by atoms with Gasteiger partial charge in [0.2, 0.25) is 15.9 Å². The van der Waals surface area contributed by atoms with Crippen molar-refractivity contribution in [3.63, 3.8) is 0 Å². The first-order valence-corrected chi connectivity index (χ1v) is 7.82. The number of primary amides is 1. The first-order chi connectivity index (χ1) is 9.99. The number of amides is 2. The van der Waals surface area contributed by atoms with E-state index in [0.29, 0.717) is 0 Å². The number of methoxy groups -OCH3 is 1. The van der Waals surface area contributed by atoms with Crippen LogP contribution in [0.25, 0.3) is 0 Å². The second-order valence-corrected chi connectivity index (χ2v) is 6.90. The highest BCUT2D eigenvalue weighted by Crippen LogP contribution is 2.22. The molecule has 0 atom stereocenters. The fraction of sp³-hybridized carbons (Fsp3) is 0.385. The third-order valence-electron chi connectivity index (χ3n) is 3.10.